The maximum atomic E-state index is 14.9. The Morgan fingerprint density at radius 3 is 2.35 bits per heavy atom. The molecule has 0 bridgehead atoms. The van der Waals surface area contributed by atoms with E-state index in [2.05, 4.69) is 0 Å². The number of hydrogen-bond acceptors (Lipinski definition) is 4. The molecule has 1 heterocycles. The zero-order valence-electron chi connectivity index (χ0n) is 16.6. The Morgan fingerprint density at radius 2 is 1.55 bits per heavy atom. The van der Waals surface area contributed by atoms with E-state index < -0.39 is 13.0 Å². The lowest BCUT2D eigenvalue weighted by molar-refractivity contribution is 0.432. The third-order valence-electron chi connectivity index (χ3n) is 5.71. The van der Waals surface area contributed by atoms with Gasteiger partial charge in [0.25, 0.3) is 7.37 Å². The van der Waals surface area contributed by atoms with E-state index in [4.69, 9.17) is 4.52 Å². The van der Waals surface area contributed by atoms with Crippen LogP contribution in [0.15, 0.2) is 109 Å². The van der Waals surface area contributed by atoms with Crippen LogP contribution in [0.25, 0.3) is 11.1 Å². The lowest BCUT2D eigenvalue weighted by atomic mass is 9.97. The summed E-state index contributed by atoms with van der Waals surface area (Å²) < 4.78 is 21.2. The molecule has 3 unspecified atom stereocenters. The number of para-hydroxylation sites is 1. The normalized spacial score (nSPS) is 22.5. The summed E-state index contributed by atoms with van der Waals surface area (Å²) in [5.41, 5.74) is 2.06. The minimum atomic E-state index is -3.48. The molecule has 31 heavy (non-hydrogen) atoms. The SMILES string of the molecule is O=P1(C(c2ccc(O)cc2)C2C=CC=C(O)C=C2)Oc2ccccc2-c2ccccc21. The van der Waals surface area contributed by atoms with Gasteiger partial charge in [-0.25, -0.2) is 0 Å². The molecule has 0 saturated heterocycles. The molecule has 4 nitrogen and oxygen atoms in total. The van der Waals surface area contributed by atoms with Gasteiger partial charge in [0.15, 0.2) is 0 Å². The van der Waals surface area contributed by atoms with Crippen LogP contribution in [0.4, 0.5) is 0 Å². The van der Waals surface area contributed by atoms with Crippen molar-refractivity contribution in [3.8, 4) is 22.6 Å². The Balaban J connectivity index is 1.74. The standard InChI is InChI=1S/C26H21O4P/c27-20-7-5-6-18(12-15-20)26(19-13-16-21(28)17-14-19)31(29)25-11-4-2-9-23(25)22-8-1-3-10-24(22)30-31/h1-18,26-28H. The summed E-state index contributed by atoms with van der Waals surface area (Å²) >= 11 is 0. The minimum absolute atomic E-state index is 0.136. The average molecular weight is 428 g/mol. The van der Waals surface area contributed by atoms with Gasteiger partial charge in [0.05, 0.1) is 11.0 Å². The molecule has 1 aliphatic heterocycles. The van der Waals surface area contributed by atoms with Gasteiger partial charge in [0, 0.05) is 11.5 Å². The molecular weight excluding hydrogens is 407 g/mol. The van der Waals surface area contributed by atoms with Crippen LogP contribution >= 0.6 is 7.37 Å². The fraction of sp³-hybridized carbons (Fsp3) is 0.0769. The summed E-state index contributed by atoms with van der Waals surface area (Å²) in [5.74, 6) is 0.574. The van der Waals surface area contributed by atoms with Gasteiger partial charge in [0.1, 0.15) is 17.3 Å². The number of phenols is 1. The zero-order chi connectivity index (χ0) is 21.4. The highest BCUT2D eigenvalue weighted by atomic mass is 31.2. The fourth-order valence-electron chi connectivity index (χ4n) is 4.28. The van der Waals surface area contributed by atoms with Crippen LogP contribution in [0.1, 0.15) is 11.2 Å². The molecule has 3 atom stereocenters. The van der Waals surface area contributed by atoms with Crippen LogP contribution in [-0.2, 0) is 4.57 Å². The summed E-state index contributed by atoms with van der Waals surface area (Å²) in [5, 5.41) is 20.4. The number of aliphatic hydroxyl groups is 1. The van der Waals surface area contributed by atoms with E-state index in [1.807, 2.05) is 60.7 Å². The van der Waals surface area contributed by atoms with Crippen molar-refractivity contribution in [3.63, 3.8) is 0 Å². The van der Waals surface area contributed by atoms with Crippen LogP contribution in [0.5, 0.6) is 11.5 Å². The molecular formula is C26H21O4P. The van der Waals surface area contributed by atoms with Gasteiger partial charge in [-0.2, -0.15) is 0 Å². The molecule has 0 fully saturated rings. The van der Waals surface area contributed by atoms with Crippen molar-refractivity contribution in [1.29, 1.82) is 0 Å². The molecule has 0 radical (unpaired) electrons. The first-order valence-electron chi connectivity index (χ1n) is 10.1. The topological polar surface area (TPSA) is 66.8 Å². The zero-order valence-corrected chi connectivity index (χ0v) is 17.5. The van der Waals surface area contributed by atoms with E-state index in [9.17, 15) is 14.8 Å². The van der Waals surface area contributed by atoms with Crippen molar-refractivity contribution < 1.29 is 19.3 Å². The predicted octanol–water partition coefficient (Wildman–Crippen LogP) is 6.28. The molecule has 154 valence electrons. The van der Waals surface area contributed by atoms with E-state index in [0.717, 1.165) is 16.7 Å². The van der Waals surface area contributed by atoms with Gasteiger partial charge >= 0.3 is 0 Å². The fourth-order valence-corrected chi connectivity index (χ4v) is 7.29. The second-order valence-corrected chi connectivity index (χ2v) is 10.1. The first-order chi connectivity index (χ1) is 15.1. The molecule has 2 N–H and O–H groups in total. The predicted molar refractivity (Wildman–Crippen MR) is 123 cm³/mol. The van der Waals surface area contributed by atoms with E-state index in [0.29, 0.717) is 11.1 Å². The smallest absolute Gasteiger partial charge is 0.286 e. The van der Waals surface area contributed by atoms with Crippen molar-refractivity contribution in [1.82, 2.24) is 0 Å². The molecule has 3 aromatic rings. The van der Waals surface area contributed by atoms with Crippen molar-refractivity contribution >= 4 is 12.7 Å². The van der Waals surface area contributed by atoms with Gasteiger partial charge in [-0.1, -0.05) is 66.8 Å². The first-order valence-corrected chi connectivity index (χ1v) is 11.8. The highest BCUT2D eigenvalue weighted by molar-refractivity contribution is 7.68. The monoisotopic (exact) mass is 428 g/mol. The largest absolute Gasteiger partial charge is 0.508 e. The minimum Gasteiger partial charge on any atom is -0.508 e. The van der Waals surface area contributed by atoms with Gasteiger partial charge in [-0.3, -0.25) is 4.57 Å². The molecule has 1 aliphatic carbocycles. The van der Waals surface area contributed by atoms with Gasteiger partial charge in [-0.15, -0.1) is 0 Å². The number of hydrogen-bond donors (Lipinski definition) is 2. The van der Waals surface area contributed by atoms with Crippen molar-refractivity contribution in [3.05, 3.63) is 114 Å². The number of phenolic OH excluding ortho intramolecular Hbond substituents is 1. The number of aliphatic hydroxyl groups excluding tert-OH is 1. The average Bonchev–Trinajstić information content (AvgIpc) is 3.00. The number of benzene rings is 3. The van der Waals surface area contributed by atoms with Crippen LogP contribution in [-0.4, -0.2) is 10.2 Å². The summed E-state index contributed by atoms with van der Waals surface area (Å²) in [7, 11) is -3.48. The maximum absolute atomic E-state index is 14.9. The van der Waals surface area contributed by atoms with Gasteiger partial charge < -0.3 is 14.7 Å². The summed E-state index contributed by atoms with van der Waals surface area (Å²) in [4.78, 5) is 0. The highest BCUT2D eigenvalue weighted by Gasteiger charge is 2.46. The Kier molecular flexibility index (Phi) is 4.80. The lowest BCUT2D eigenvalue weighted by Crippen LogP contribution is -2.25. The number of allylic oxidation sites excluding steroid dienone is 5. The summed E-state index contributed by atoms with van der Waals surface area (Å²) in [6, 6.07) is 22.1. The number of rotatable bonds is 3. The second-order valence-electron chi connectivity index (χ2n) is 7.65. The van der Waals surface area contributed by atoms with Crippen LogP contribution in [0.3, 0.4) is 0 Å². The van der Waals surface area contributed by atoms with E-state index in [-0.39, 0.29) is 17.4 Å². The van der Waals surface area contributed by atoms with Gasteiger partial charge in [0.2, 0.25) is 0 Å². The molecule has 0 saturated carbocycles. The maximum Gasteiger partial charge on any atom is 0.286 e. The molecule has 0 amide bonds. The van der Waals surface area contributed by atoms with E-state index >= 15 is 0 Å². The molecule has 2 aliphatic rings. The molecule has 3 aromatic carbocycles. The Bertz CT molecular complexity index is 1270. The third-order valence-corrected chi connectivity index (χ3v) is 8.61. The summed E-state index contributed by atoms with van der Waals surface area (Å²) in [6.07, 6.45) is 8.76. The quantitative estimate of drug-likeness (QED) is 0.482. The van der Waals surface area contributed by atoms with Crippen LogP contribution in [0.2, 0.25) is 0 Å². The van der Waals surface area contributed by atoms with E-state index in [1.54, 1.807) is 42.5 Å². The highest BCUT2D eigenvalue weighted by Crippen LogP contribution is 2.66. The van der Waals surface area contributed by atoms with Crippen LogP contribution in [0, 0.1) is 5.92 Å². The van der Waals surface area contributed by atoms with Gasteiger partial charge in [-0.05, 0) is 47.5 Å². The third kappa shape index (κ3) is 3.39. The Morgan fingerprint density at radius 1 is 0.839 bits per heavy atom. The first kappa shape index (κ1) is 19.5. The van der Waals surface area contributed by atoms with Crippen molar-refractivity contribution in [2.45, 2.75) is 5.66 Å². The second kappa shape index (κ2) is 7.64. The Hall–Kier alpha value is -3.49. The lowest BCUT2D eigenvalue weighted by Gasteiger charge is -2.36. The van der Waals surface area contributed by atoms with Crippen molar-refractivity contribution in [2.24, 2.45) is 5.92 Å². The number of fused-ring (bicyclic) bond motifs is 3. The molecule has 5 heteroatoms. The van der Waals surface area contributed by atoms with Crippen LogP contribution < -0.4 is 9.83 Å². The van der Waals surface area contributed by atoms with Crippen molar-refractivity contribution in [2.75, 3.05) is 0 Å². The molecule has 0 aromatic heterocycles. The molecule has 5 rings (SSSR count). The number of aromatic hydroxyl groups is 1. The summed E-state index contributed by atoms with van der Waals surface area (Å²) in [6.45, 7) is 0. The molecule has 0 spiro atoms. The van der Waals surface area contributed by atoms with E-state index in [1.165, 1.54) is 0 Å². The Labute approximate surface area is 180 Å².